The van der Waals surface area contributed by atoms with Gasteiger partial charge in [-0.05, 0) is 39.9 Å². The van der Waals surface area contributed by atoms with Gasteiger partial charge in [-0.25, -0.2) is 0 Å². The molecular weight excluding hydrogens is 238 g/mol. The smallest absolute Gasteiger partial charge is 0.242 e. The van der Waals surface area contributed by atoms with Gasteiger partial charge in [-0.1, -0.05) is 0 Å². The molecule has 0 aromatic heterocycles. The molecule has 0 aliphatic rings. The molecule has 0 heterocycles. The first-order chi connectivity index (χ1) is 7.76. The minimum atomic E-state index is -0.364. The summed E-state index contributed by atoms with van der Waals surface area (Å²) in [6.45, 7) is 8.78. The summed E-state index contributed by atoms with van der Waals surface area (Å²) in [5, 5.41) is 9.20. The molecule has 3 N–H and O–H groups in total. The summed E-state index contributed by atoms with van der Waals surface area (Å²) in [4.78, 5) is 11.7. The van der Waals surface area contributed by atoms with Gasteiger partial charge in [0.1, 0.15) is 6.04 Å². The lowest BCUT2D eigenvalue weighted by molar-refractivity contribution is -0.123. The standard InChI is InChI=1S/C11H23N3O2S/c1-8(9(15)14-11(2,3)4)13-10(17)12-6-7-16-5/h8H,6-7H2,1-5H3,(H,14,15)(H2,12,13,17). The van der Waals surface area contributed by atoms with E-state index in [2.05, 4.69) is 16.0 Å². The predicted octanol–water partition coefficient (Wildman–Crippen LogP) is 0.400. The maximum Gasteiger partial charge on any atom is 0.242 e. The number of hydrogen-bond donors (Lipinski definition) is 3. The molecule has 6 heteroatoms. The number of amides is 1. The highest BCUT2D eigenvalue weighted by atomic mass is 32.1. The van der Waals surface area contributed by atoms with Crippen molar-refractivity contribution in [3.8, 4) is 0 Å². The van der Waals surface area contributed by atoms with Crippen molar-refractivity contribution in [2.75, 3.05) is 20.3 Å². The van der Waals surface area contributed by atoms with Crippen LogP contribution in [-0.4, -0.2) is 42.9 Å². The van der Waals surface area contributed by atoms with Gasteiger partial charge in [0.05, 0.1) is 6.61 Å². The number of carbonyl (C=O) groups excluding carboxylic acids is 1. The number of thiocarbonyl (C=S) groups is 1. The third kappa shape index (κ3) is 8.88. The molecule has 17 heavy (non-hydrogen) atoms. The Kier molecular flexibility index (Phi) is 7.06. The molecule has 0 fully saturated rings. The molecule has 5 nitrogen and oxygen atoms in total. The minimum absolute atomic E-state index is 0.0756. The Hall–Kier alpha value is -0.880. The van der Waals surface area contributed by atoms with Gasteiger partial charge in [-0.15, -0.1) is 0 Å². The lowest BCUT2D eigenvalue weighted by Gasteiger charge is -2.24. The summed E-state index contributed by atoms with van der Waals surface area (Å²) < 4.78 is 4.88. The van der Waals surface area contributed by atoms with E-state index >= 15 is 0 Å². The van der Waals surface area contributed by atoms with Crippen LogP contribution in [0.2, 0.25) is 0 Å². The van der Waals surface area contributed by atoms with Crippen molar-refractivity contribution in [2.24, 2.45) is 0 Å². The molecule has 0 spiro atoms. The largest absolute Gasteiger partial charge is 0.383 e. The highest BCUT2D eigenvalue weighted by Crippen LogP contribution is 1.99. The van der Waals surface area contributed by atoms with Crippen LogP contribution >= 0.6 is 12.2 Å². The van der Waals surface area contributed by atoms with E-state index in [0.717, 1.165) is 0 Å². The first-order valence-electron chi connectivity index (χ1n) is 5.61. The van der Waals surface area contributed by atoms with Crippen LogP contribution in [0.15, 0.2) is 0 Å². The predicted molar refractivity (Wildman–Crippen MR) is 73.0 cm³/mol. The van der Waals surface area contributed by atoms with E-state index in [-0.39, 0.29) is 17.5 Å². The Morgan fingerprint density at radius 1 is 1.41 bits per heavy atom. The molecule has 0 saturated carbocycles. The fraction of sp³-hybridized carbons (Fsp3) is 0.818. The highest BCUT2D eigenvalue weighted by molar-refractivity contribution is 7.80. The normalized spacial score (nSPS) is 12.8. The topological polar surface area (TPSA) is 62.4 Å². The van der Waals surface area contributed by atoms with Crippen LogP contribution < -0.4 is 16.0 Å². The monoisotopic (exact) mass is 261 g/mol. The van der Waals surface area contributed by atoms with Gasteiger partial charge in [-0.2, -0.15) is 0 Å². The van der Waals surface area contributed by atoms with Crippen LogP contribution in [0.1, 0.15) is 27.7 Å². The van der Waals surface area contributed by atoms with Crippen LogP contribution in [0.25, 0.3) is 0 Å². The van der Waals surface area contributed by atoms with E-state index in [4.69, 9.17) is 17.0 Å². The number of ether oxygens (including phenoxy) is 1. The summed E-state index contributed by atoms with van der Waals surface area (Å²) in [6.07, 6.45) is 0. The van der Waals surface area contributed by atoms with E-state index in [1.54, 1.807) is 14.0 Å². The first-order valence-corrected chi connectivity index (χ1v) is 6.02. The van der Waals surface area contributed by atoms with Crippen molar-refractivity contribution in [3.05, 3.63) is 0 Å². The van der Waals surface area contributed by atoms with Crippen molar-refractivity contribution in [3.63, 3.8) is 0 Å². The van der Waals surface area contributed by atoms with Crippen molar-refractivity contribution < 1.29 is 9.53 Å². The third-order valence-corrected chi connectivity index (χ3v) is 2.09. The summed E-state index contributed by atoms with van der Waals surface area (Å²) in [5.74, 6) is -0.0756. The van der Waals surface area contributed by atoms with Gasteiger partial charge in [-0.3, -0.25) is 4.79 Å². The average Bonchev–Trinajstić information content (AvgIpc) is 2.15. The summed E-state index contributed by atoms with van der Waals surface area (Å²) in [5.41, 5.74) is -0.238. The Bertz CT molecular complexity index is 264. The van der Waals surface area contributed by atoms with E-state index < -0.39 is 0 Å². The Morgan fingerprint density at radius 3 is 2.47 bits per heavy atom. The van der Waals surface area contributed by atoms with E-state index in [1.807, 2.05) is 20.8 Å². The molecule has 0 aromatic carbocycles. The number of hydrogen-bond acceptors (Lipinski definition) is 3. The Morgan fingerprint density at radius 2 is 2.00 bits per heavy atom. The molecule has 1 atom stereocenters. The van der Waals surface area contributed by atoms with Crippen molar-refractivity contribution in [1.29, 1.82) is 0 Å². The molecule has 0 saturated heterocycles. The Balaban J connectivity index is 3.95. The van der Waals surface area contributed by atoms with Gasteiger partial charge in [0, 0.05) is 19.2 Å². The molecule has 0 aliphatic carbocycles. The van der Waals surface area contributed by atoms with E-state index in [0.29, 0.717) is 18.3 Å². The highest BCUT2D eigenvalue weighted by Gasteiger charge is 2.19. The van der Waals surface area contributed by atoms with Crippen LogP contribution in [-0.2, 0) is 9.53 Å². The number of methoxy groups -OCH3 is 1. The zero-order valence-electron chi connectivity index (χ0n) is 11.2. The SMILES string of the molecule is COCCNC(=S)NC(C)C(=O)NC(C)(C)C. The van der Waals surface area contributed by atoms with Crippen LogP contribution in [0.3, 0.4) is 0 Å². The fourth-order valence-corrected chi connectivity index (χ4v) is 1.34. The maximum atomic E-state index is 11.7. The molecule has 0 aliphatic heterocycles. The first kappa shape index (κ1) is 16.1. The Labute approximate surface area is 109 Å². The van der Waals surface area contributed by atoms with E-state index in [1.165, 1.54) is 0 Å². The van der Waals surface area contributed by atoms with E-state index in [9.17, 15) is 4.79 Å². The van der Waals surface area contributed by atoms with Gasteiger partial charge < -0.3 is 20.7 Å². The van der Waals surface area contributed by atoms with Gasteiger partial charge >= 0.3 is 0 Å². The molecule has 100 valence electrons. The second-order valence-corrected chi connectivity index (χ2v) is 5.26. The van der Waals surface area contributed by atoms with Gasteiger partial charge in [0.15, 0.2) is 5.11 Å². The quantitative estimate of drug-likeness (QED) is 0.494. The lowest BCUT2D eigenvalue weighted by Crippen LogP contribution is -2.52. The summed E-state index contributed by atoms with van der Waals surface area (Å²) >= 11 is 5.05. The summed E-state index contributed by atoms with van der Waals surface area (Å²) in [6, 6.07) is -0.364. The molecule has 0 bridgehead atoms. The second-order valence-electron chi connectivity index (χ2n) is 4.85. The average molecular weight is 261 g/mol. The number of carbonyl (C=O) groups is 1. The summed E-state index contributed by atoms with van der Waals surface area (Å²) in [7, 11) is 1.62. The molecule has 0 rings (SSSR count). The van der Waals surface area contributed by atoms with Gasteiger partial charge in [0.25, 0.3) is 0 Å². The zero-order valence-corrected chi connectivity index (χ0v) is 12.0. The molecule has 0 radical (unpaired) electrons. The van der Waals surface area contributed by atoms with Crippen molar-refractivity contribution in [1.82, 2.24) is 16.0 Å². The van der Waals surface area contributed by atoms with Crippen LogP contribution in [0, 0.1) is 0 Å². The van der Waals surface area contributed by atoms with Crippen molar-refractivity contribution >= 4 is 23.2 Å². The van der Waals surface area contributed by atoms with Crippen LogP contribution in [0.5, 0.6) is 0 Å². The van der Waals surface area contributed by atoms with Gasteiger partial charge in [0.2, 0.25) is 5.91 Å². The maximum absolute atomic E-state index is 11.7. The number of nitrogens with one attached hydrogen (secondary N) is 3. The minimum Gasteiger partial charge on any atom is -0.383 e. The molecule has 1 unspecified atom stereocenters. The third-order valence-electron chi connectivity index (χ3n) is 1.83. The molecule has 0 aromatic rings. The van der Waals surface area contributed by atoms with Crippen molar-refractivity contribution in [2.45, 2.75) is 39.3 Å². The lowest BCUT2D eigenvalue weighted by atomic mass is 10.1. The molecular formula is C11H23N3O2S. The number of rotatable bonds is 5. The molecule has 1 amide bonds. The zero-order chi connectivity index (χ0) is 13.5. The second kappa shape index (κ2) is 7.45. The van der Waals surface area contributed by atoms with Crippen LogP contribution in [0.4, 0.5) is 0 Å². The fourth-order valence-electron chi connectivity index (χ4n) is 1.06.